The van der Waals surface area contributed by atoms with Crippen molar-refractivity contribution in [1.82, 2.24) is 0 Å². The molecule has 0 saturated carbocycles. The average molecular weight is 460 g/mol. The standard InChI is InChI=1S/C28H29NO5/c1-19(2)17-20(3)33-27(30)23-9-15-26(16-10-23)34-28(31)22-7-11-24(12-8-22)29-18-21-5-13-25(32-4)14-6-21/h5-16,18-20H,17H2,1-4H3. The van der Waals surface area contributed by atoms with Crippen LogP contribution in [0.3, 0.4) is 0 Å². The average Bonchev–Trinajstić information content (AvgIpc) is 2.83. The minimum atomic E-state index is -0.494. The van der Waals surface area contributed by atoms with Gasteiger partial charge in [-0.05, 0) is 97.6 Å². The Balaban J connectivity index is 1.55. The third-order valence-electron chi connectivity index (χ3n) is 4.99. The van der Waals surface area contributed by atoms with Crippen LogP contribution < -0.4 is 9.47 Å². The number of benzene rings is 3. The summed E-state index contributed by atoms with van der Waals surface area (Å²) in [5.41, 5.74) is 2.46. The summed E-state index contributed by atoms with van der Waals surface area (Å²) < 4.78 is 16.0. The lowest BCUT2D eigenvalue weighted by molar-refractivity contribution is 0.0299. The SMILES string of the molecule is COc1ccc(C=Nc2ccc(C(=O)Oc3ccc(C(=O)OC(C)CC(C)C)cc3)cc2)cc1. The highest BCUT2D eigenvalue weighted by atomic mass is 16.5. The summed E-state index contributed by atoms with van der Waals surface area (Å²) in [4.78, 5) is 29.1. The van der Waals surface area contributed by atoms with E-state index < -0.39 is 11.9 Å². The second-order valence-electron chi connectivity index (χ2n) is 8.34. The summed E-state index contributed by atoms with van der Waals surface area (Å²) in [7, 11) is 1.62. The van der Waals surface area contributed by atoms with Gasteiger partial charge in [-0.25, -0.2) is 9.59 Å². The van der Waals surface area contributed by atoms with Crippen LogP contribution in [0.15, 0.2) is 77.8 Å². The molecule has 1 atom stereocenters. The Hall–Kier alpha value is -3.93. The molecule has 0 saturated heterocycles. The smallest absolute Gasteiger partial charge is 0.343 e. The molecule has 0 aliphatic rings. The molecule has 176 valence electrons. The number of ether oxygens (including phenoxy) is 3. The van der Waals surface area contributed by atoms with Gasteiger partial charge in [0, 0.05) is 6.21 Å². The first-order valence-electron chi connectivity index (χ1n) is 11.2. The maximum atomic E-state index is 12.5. The lowest BCUT2D eigenvalue weighted by atomic mass is 10.1. The van der Waals surface area contributed by atoms with Gasteiger partial charge in [0.2, 0.25) is 0 Å². The molecule has 0 heterocycles. The molecular formula is C28H29NO5. The van der Waals surface area contributed by atoms with Crippen molar-refractivity contribution >= 4 is 23.8 Å². The van der Waals surface area contributed by atoms with Crippen LogP contribution in [-0.4, -0.2) is 31.4 Å². The van der Waals surface area contributed by atoms with Crippen LogP contribution in [0.25, 0.3) is 0 Å². The number of methoxy groups -OCH3 is 1. The maximum Gasteiger partial charge on any atom is 0.343 e. The first-order chi connectivity index (χ1) is 16.3. The van der Waals surface area contributed by atoms with Crippen LogP contribution in [0.5, 0.6) is 11.5 Å². The Morgan fingerprint density at radius 1 is 0.794 bits per heavy atom. The van der Waals surface area contributed by atoms with Gasteiger partial charge in [0.15, 0.2) is 0 Å². The van der Waals surface area contributed by atoms with Gasteiger partial charge >= 0.3 is 11.9 Å². The van der Waals surface area contributed by atoms with Crippen molar-refractivity contribution in [2.45, 2.75) is 33.3 Å². The lowest BCUT2D eigenvalue weighted by Gasteiger charge is -2.15. The molecule has 0 amide bonds. The van der Waals surface area contributed by atoms with Crippen LogP contribution in [0.2, 0.25) is 0 Å². The van der Waals surface area contributed by atoms with Gasteiger partial charge in [0.1, 0.15) is 11.5 Å². The number of rotatable bonds is 9. The zero-order chi connectivity index (χ0) is 24.5. The van der Waals surface area contributed by atoms with Crippen LogP contribution in [0, 0.1) is 5.92 Å². The predicted molar refractivity (Wildman–Crippen MR) is 132 cm³/mol. The van der Waals surface area contributed by atoms with E-state index in [-0.39, 0.29) is 6.10 Å². The molecule has 6 nitrogen and oxygen atoms in total. The molecule has 0 radical (unpaired) electrons. The normalized spacial score (nSPS) is 11.9. The molecular weight excluding hydrogens is 430 g/mol. The largest absolute Gasteiger partial charge is 0.497 e. The molecule has 0 bridgehead atoms. The summed E-state index contributed by atoms with van der Waals surface area (Å²) in [5, 5.41) is 0. The monoisotopic (exact) mass is 459 g/mol. The molecule has 0 aliphatic heterocycles. The van der Waals surface area contributed by atoms with Gasteiger partial charge < -0.3 is 14.2 Å². The van der Waals surface area contributed by atoms with Crippen molar-refractivity contribution in [3.63, 3.8) is 0 Å². The molecule has 0 spiro atoms. The van der Waals surface area contributed by atoms with Gasteiger partial charge in [0.05, 0.1) is 30.0 Å². The summed E-state index contributed by atoms with van der Waals surface area (Å²) >= 11 is 0. The van der Waals surface area contributed by atoms with E-state index in [1.807, 2.05) is 31.2 Å². The van der Waals surface area contributed by atoms with Crippen LogP contribution >= 0.6 is 0 Å². The highest BCUT2D eigenvalue weighted by Gasteiger charge is 2.14. The molecule has 0 N–H and O–H groups in total. The number of carbonyl (C=O) groups excluding carboxylic acids is 2. The summed E-state index contributed by atoms with van der Waals surface area (Å²) in [5.74, 6) is 0.687. The summed E-state index contributed by atoms with van der Waals surface area (Å²) in [6.07, 6.45) is 2.38. The maximum absolute atomic E-state index is 12.5. The molecule has 6 heteroatoms. The summed E-state index contributed by atoms with van der Waals surface area (Å²) in [6.45, 7) is 6.04. The molecule has 3 rings (SSSR count). The zero-order valence-electron chi connectivity index (χ0n) is 19.9. The van der Waals surface area contributed by atoms with E-state index >= 15 is 0 Å². The Morgan fingerprint density at radius 2 is 1.35 bits per heavy atom. The third kappa shape index (κ3) is 7.30. The fraction of sp³-hybridized carbons (Fsp3) is 0.250. The van der Waals surface area contributed by atoms with E-state index in [1.165, 1.54) is 0 Å². The molecule has 0 aliphatic carbocycles. The topological polar surface area (TPSA) is 74.2 Å². The Labute approximate surface area is 200 Å². The first kappa shape index (κ1) is 24.7. The fourth-order valence-electron chi connectivity index (χ4n) is 3.31. The number of hydrogen-bond donors (Lipinski definition) is 0. The van der Waals surface area contributed by atoms with E-state index in [1.54, 1.807) is 61.9 Å². The van der Waals surface area contributed by atoms with Crippen molar-refractivity contribution in [2.75, 3.05) is 7.11 Å². The number of hydrogen-bond acceptors (Lipinski definition) is 6. The quantitative estimate of drug-likeness (QED) is 0.215. The third-order valence-corrected chi connectivity index (χ3v) is 4.99. The predicted octanol–water partition coefficient (Wildman–Crippen LogP) is 6.26. The van der Waals surface area contributed by atoms with Gasteiger partial charge in [0.25, 0.3) is 0 Å². The fourth-order valence-corrected chi connectivity index (χ4v) is 3.31. The van der Waals surface area contributed by atoms with E-state index in [0.29, 0.717) is 28.5 Å². The Kier molecular flexibility index (Phi) is 8.57. The Morgan fingerprint density at radius 3 is 1.94 bits per heavy atom. The van der Waals surface area contributed by atoms with E-state index in [0.717, 1.165) is 17.7 Å². The van der Waals surface area contributed by atoms with Crippen LogP contribution in [0.4, 0.5) is 5.69 Å². The lowest BCUT2D eigenvalue weighted by Crippen LogP contribution is -2.17. The second-order valence-corrected chi connectivity index (χ2v) is 8.34. The van der Waals surface area contributed by atoms with Crippen molar-refractivity contribution in [1.29, 1.82) is 0 Å². The molecule has 34 heavy (non-hydrogen) atoms. The number of carbonyl (C=O) groups is 2. The van der Waals surface area contributed by atoms with Crippen molar-refractivity contribution in [3.05, 3.63) is 89.5 Å². The van der Waals surface area contributed by atoms with Crippen LogP contribution in [-0.2, 0) is 4.74 Å². The number of esters is 2. The van der Waals surface area contributed by atoms with Gasteiger partial charge in [-0.3, -0.25) is 4.99 Å². The molecule has 3 aromatic carbocycles. The minimum absolute atomic E-state index is 0.159. The first-order valence-corrected chi connectivity index (χ1v) is 11.2. The molecule has 0 fully saturated rings. The van der Waals surface area contributed by atoms with Crippen molar-refractivity contribution in [3.8, 4) is 11.5 Å². The Bertz CT molecular complexity index is 1120. The van der Waals surface area contributed by atoms with E-state index in [2.05, 4.69) is 18.8 Å². The minimum Gasteiger partial charge on any atom is -0.497 e. The molecule has 1 unspecified atom stereocenters. The highest BCUT2D eigenvalue weighted by Crippen LogP contribution is 2.19. The van der Waals surface area contributed by atoms with Gasteiger partial charge in [-0.1, -0.05) is 13.8 Å². The van der Waals surface area contributed by atoms with Gasteiger partial charge in [-0.2, -0.15) is 0 Å². The number of nitrogens with zero attached hydrogens (tertiary/aromatic N) is 1. The van der Waals surface area contributed by atoms with E-state index in [9.17, 15) is 9.59 Å². The molecule has 0 aromatic heterocycles. The van der Waals surface area contributed by atoms with Crippen LogP contribution in [0.1, 0.15) is 53.5 Å². The highest BCUT2D eigenvalue weighted by molar-refractivity contribution is 5.92. The van der Waals surface area contributed by atoms with Crippen molar-refractivity contribution < 1.29 is 23.8 Å². The zero-order valence-corrected chi connectivity index (χ0v) is 19.9. The number of aliphatic imine (C=N–C) groups is 1. The van der Waals surface area contributed by atoms with Gasteiger partial charge in [-0.15, -0.1) is 0 Å². The van der Waals surface area contributed by atoms with Crippen molar-refractivity contribution in [2.24, 2.45) is 10.9 Å². The van der Waals surface area contributed by atoms with E-state index in [4.69, 9.17) is 14.2 Å². The molecule has 3 aromatic rings. The summed E-state index contributed by atoms with van der Waals surface area (Å²) in [6, 6.07) is 20.7. The second kappa shape index (κ2) is 11.8.